The van der Waals surface area contributed by atoms with Crippen molar-refractivity contribution in [1.82, 2.24) is 0 Å². The lowest BCUT2D eigenvalue weighted by Gasteiger charge is -2.44. The summed E-state index contributed by atoms with van der Waals surface area (Å²) < 4.78 is 31.7. The first-order valence-corrected chi connectivity index (χ1v) is 20.6. The first-order chi connectivity index (χ1) is 27.3. The molecule has 0 aliphatic carbocycles. The van der Waals surface area contributed by atoms with E-state index in [4.69, 9.17) is 23.4 Å². The fraction of sp³-hybridized carbons (Fsp3) is 0.360. The third-order valence-corrected chi connectivity index (χ3v) is 12.8. The fourth-order valence-electron chi connectivity index (χ4n) is 9.71. The summed E-state index contributed by atoms with van der Waals surface area (Å²) in [5, 5.41) is 1.11. The van der Waals surface area contributed by atoms with Gasteiger partial charge in [-0.2, -0.15) is 0 Å². The number of aryl methyl sites for hydroxylation is 3. The molecule has 6 aromatic rings. The van der Waals surface area contributed by atoms with Crippen LogP contribution in [-0.2, 0) is 16.2 Å². The van der Waals surface area contributed by atoms with Crippen LogP contribution in [0.3, 0.4) is 0 Å². The number of hydrogen-bond acceptors (Lipinski definition) is 7. The normalized spacial score (nSPS) is 15.3. The van der Waals surface area contributed by atoms with Gasteiger partial charge in [0.15, 0.2) is 23.0 Å². The summed E-state index contributed by atoms with van der Waals surface area (Å²) in [6.07, 6.45) is 0. The molecular weight excluding hydrogens is 719 g/mol. The van der Waals surface area contributed by atoms with E-state index in [1.165, 1.54) is 39.0 Å². The average Bonchev–Trinajstić information content (AvgIpc) is 3.89. The Kier molecular flexibility index (Phi) is 7.64. The standard InChI is InChI=1S/C50H53BN2O5/c1-26-16-31(49(8,9)10)17-27(2)44(26)52-35-23-40-39(54-24-55-40)22-34(35)51-42-33-19-30(48(5,6)7)14-15-38(33)58-47(42)53(37-21-32(50(11,12)13)20-36(52)43(37)51)45-28(3)18-41-46(29(45)4)57-25-56-41/h14-23H,24-25H2,1-13H3. The zero-order valence-corrected chi connectivity index (χ0v) is 36.2. The van der Waals surface area contributed by atoms with Crippen LogP contribution in [0.15, 0.2) is 65.1 Å². The lowest BCUT2D eigenvalue weighted by Crippen LogP contribution is -2.61. The molecule has 58 heavy (non-hydrogen) atoms. The van der Waals surface area contributed by atoms with Gasteiger partial charge in [0.25, 0.3) is 6.71 Å². The van der Waals surface area contributed by atoms with Gasteiger partial charge in [0, 0.05) is 39.5 Å². The van der Waals surface area contributed by atoms with Crippen LogP contribution < -0.4 is 45.1 Å². The molecule has 0 fully saturated rings. The summed E-state index contributed by atoms with van der Waals surface area (Å²) in [6, 6.07) is 22.9. The molecule has 0 atom stereocenters. The van der Waals surface area contributed by atoms with Crippen molar-refractivity contribution in [3.63, 3.8) is 0 Å². The average molecular weight is 773 g/mol. The summed E-state index contributed by atoms with van der Waals surface area (Å²) in [5.74, 6) is 3.90. The van der Waals surface area contributed by atoms with Crippen LogP contribution in [-0.4, -0.2) is 20.3 Å². The quantitative estimate of drug-likeness (QED) is 0.162. The highest BCUT2D eigenvalue weighted by Gasteiger charge is 2.49. The van der Waals surface area contributed by atoms with Gasteiger partial charge in [0.05, 0.1) is 11.4 Å². The van der Waals surface area contributed by atoms with Crippen molar-refractivity contribution in [1.29, 1.82) is 0 Å². The van der Waals surface area contributed by atoms with Crippen LogP contribution in [0.2, 0.25) is 0 Å². The molecule has 0 N–H and O–H groups in total. The second-order valence-electron chi connectivity index (χ2n) is 19.9. The number of nitrogens with zero attached hydrogens (tertiary/aromatic N) is 2. The molecule has 4 aliphatic rings. The molecule has 0 spiro atoms. The lowest BCUT2D eigenvalue weighted by molar-refractivity contribution is 0.173. The maximum absolute atomic E-state index is 7.22. The van der Waals surface area contributed by atoms with Gasteiger partial charge in [-0.3, -0.25) is 4.90 Å². The predicted octanol–water partition coefficient (Wildman–Crippen LogP) is 11.1. The molecule has 296 valence electrons. The van der Waals surface area contributed by atoms with Crippen molar-refractivity contribution in [3.8, 4) is 23.0 Å². The highest BCUT2D eigenvalue weighted by Crippen LogP contribution is 2.53. The topological polar surface area (TPSA) is 56.5 Å². The number of fused-ring (bicyclic) bond motifs is 8. The number of furan rings is 1. The molecule has 0 saturated carbocycles. The SMILES string of the molecule is Cc1cc(C(C)(C)C)cc(C)c1N1c2cc3c(cc2B2c4c1cc(C(C)(C)C)cc4N(c1c(C)cc4c(c1C)OCO4)c1oc4ccc(C(C)(C)C)cc4c12)OCO3. The van der Waals surface area contributed by atoms with E-state index in [1.807, 2.05) is 0 Å². The second kappa shape index (κ2) is 12.0. The van der Waals surface area contributed by atoms with Crippen molar-refractivity contribution < 1.29 is 23.4 Å². The van der Waals surface area contributed by atoms with E-state index in [1.54, 1.807) is 0 Å². The van der Waals surface area contributed by atoms with Gasteiger partial charge in [-0.1, -0.05) is 80.5 Å². The minimum absolute atomic E-state index is 0.00174. The Hall–Kier alpha value is -5.50. The molecule has 5 aromatic carbocycles. The lowest BCUT2D eigenvalue weighted by atomic mass is 9.33. The molecule has 0 bridgehead atoms. The summed E-state index contributed by atoms with van der Waals surface area (Å²) >= 11 is 0. The maximum atomic E-state index is 7.22. The van der Waals surface area contributed by atoms with E-state index in [-0.39, 0.29) is 36.5 Å². The van der Waals surface area contributed by atoms with Crippen LogP contribution in [0.25, 0.3) is 11.0 Å². The van der Waals surface area contributed by atoms with Gasteiger partial charge in [0.2, 0.25) is 19.5 Å². The second-order valence-corrected chi connectivity index (χ2v) is 19.9. The smallest absolute Gasteiger partial charge is 0.257 e. The molecule has 10 rings (SSSR count). The monoisotopic (exact) mass is 772 g/mol. The van der Waals surface area contributed by atoms with Gasteiger partial charge < -0.3 is 28.3 Å². The number of benzene rings is 5. The van der Waals surface area contributed by atoms with Crippen molar-refractivity contribution in [2.24, 2.45) is 0 Å². The fourth-order valence-corrected chi connectivity index (χ4v) is 9.71. The highest BCUT2D eigenvalue weighted by molar-refractivity contribution is 7.01. The van der Waals surface area contributed by atoms with Crippen LogP contribution in [0.1, 0.15) is 101 Å². The van der Waals surface area contributed by atoms with Crippen LogP contribution in [0.5, 0.6) is 23.0 Å². The van der Waals surface area contributed by atoms with Gasteiger partial charge >= 0.3 is 0 Å². The minimum atomic E-state index is -0.178. The van der Waals surface area contributed by atoms with Crippen LogP contribution in [0.4, 0.5) is 34.3 Å². The van der Waals surface area contributed by atoms with E-state index in [0.29, 0.717) is 0 Å². The zero-order valence-electron chi connectivity index (χ0n) is 36.2. The van der Waals surface area contributed by atoms with Gasteiger partial charge in [-0.15, -0.1) is 0 Å². The first kappa shape index (κ1) is 36.8. The van der Waals surface area contributed by atoms with E-state index in [0.717, 1.165) is 84.7 Å². The molecule has 0 amide bonds. The van der Waals surface area contributed by atoms with Gasteiger partial charge in [-0.05, 0) is 125 Å². The first-order valence-electron chi connectivity index (χ1n) is 20.6. The molecule has 0 radical (unpaired) electrons. The molecule has 0 unspecified atom stereocenters. The Bertz CT molecular complexity index is 2740. The van der Waals surface area contributed by atoms with E-state index in [2.05, 4.69) is 160 Å². The molecule has 8 heteroatoms. The Labute approximate surface area is 342 Å². The van der Waals surface area contributed by atoms with Crippen molar-refractivity contribution in [2.75, 3.05) is 23.4 Å². The summed E-state index contributed by atoms with van der Waals surface area (Å²) in [4.78, 5) is 4.91. The number of rotatable bonds is 2. The van der Waals surface area contributed by atoms with Gasteiger partial charge in [-0.25, -0.2) is 0 Å². The van der Waals surface area contributed by atoms with Crippen LogP contribution >= 0.6 is 0 Å². The summed E-state index contributed by atoms with van der Waals surface area (Å²) in [6.45, 7) is 29.7. The molecule has 0 saturated heterocycles. The predicted molar refractivity (Wildman–Crippen MR) is 238 cm³/mol. The Morgan fingerprint density at radius 1 is 0.517 bits per heavy atom. The van der Waals surface area contributed by atoms with Crippen molar-refractivity contribution in [2.45, 2.75) is 106 Å². The van der Waals surface area contributed by atoms with E-state index in [9.17, 15) is 0 Å². The number of ether oxygens (including phenoxy) is 4. The van der Waals surface area contributed by atoms with E-state index >= 15 is 0 Å². The highest BCUT2D eigenvalue weighted by atomic mass is 16.7. The Morgan fingerprint density at radius 2 is 1.09 bits per heavy atom. The third-order valence-electron chi connectivity index (χ3n) is 12.8. The molecule has 4 aliphatic heterocycles. The number of hydrogen-bond donors (Lipinski definition) is 0. The molecule has 1 aromatic heterocycles. The van der Waals surface area contributed by atoms with E-state index < -0.39 is 0 Å². The molecule has 7 nitrogen and oxygen atoms in total. The minimum Gasteiger partial charge on any atom is -0.454 e. The zero-order chi connectivity index (χ0) is 41.0. The number of anilines is 6. The summed E-state index contributed by atoms with van der Waals surface area (Å²) in [7, 11) is 0. The molecular formula is C50H53BN2O5. The largest absolute Gasteiger partial charge is 0.454 e. The summed E-state index contributed by atoms with van der Waals surface area (Å²) in [5.41, 5.74) is 18.1. The molecule has 5 heterocycles. The third kappa shape index (κ3) is 5.25. The Morgan fingerprint density at radius 3 is 1.74 bits per heavy atom. The Balaban J connectivity index is 1.38. The maximum Gasteiger partial charge on any atom is 0.257 e. The van der Waals surface area contributed by atoms with Crippen molar-refractivity contribution in [3.05, 3.63) is 99.6 Å². The van der Waals surface area contributed by atoms with Gasteiger partial charge in [0.1, 0.15) is 5.58 Å². The van der Waals surface area contributed by atoms with Crippen molar-refractivity contribution >= 4 is 68.4 Å². The van der Waals surface area contributed by atoms with Crippen LogP contribution in [0, 0.1) is 27.7 Å².